The summed E-state index contributed by atoms with van der Waals surface area (Å²) in [6.07, 6.45) is -2.90. The Morgan fingerprint density at radius 1 is 1.38 bits per heavy atom. The van der Waals surface area contributed by atoms with Gasteiger partial charge < -0.3 is 5.32 Å². The van der Waals surface area contributed by atoms with E-state index in [1.165, 1.54) is 0 Å². The van der Waals surface area contributed by atoms with E-state index >= 15 is 0 Å². The van der Waals surface area contributed by atoms with Crippen LogP contribution in [-0.2, 0) is 11.0 Å². The molecule has 0 aliphatic carbocycles. The molecule has 1 aliphatic rings. The van der Waals surface area contributed by atoms with Crippen LogP contribution in [0.4, 0.5) is 18.9 Å². The van der Waals surface area contributed by atoms with Crippen LogP contribution in [0.3, 0.4) is 0 Å². The number of alkyl halides is 3. The third-order valence-corrected chi connectivity index (χ3v) is 5.54. The predicted molar refractivity (Wildman–Crippen MR) is 87.3 cm³/mol. The van der Waals surface area contributed by atoms with E-state index in [9.17, 15) is 28.1 Å². The maximum Gasteiger partial charge on any atom is 0.416 e. The molecule has 24 heavy (non-hydrogen) atoms. The highest BCUT2D eigenvalue weighted by molar-refractivity contribution is 8.00. The first-order valence-corrected chi connectivity index (χ1v) is 9.27. The van der Waals surface area contributed by atoms with Gasteiger partial charge in [0.25, 0.3) is 5.69 Å². The van der Waals surface area contributed by atoms with E-state index in [2.05, 4.69) is 5.32 Å². The average molecular weight is 380 g/mol. The smallest absolute Gasteiger partial charge is 0.353 e. The monoisotopic (exact) mass is 380 g/mol. The Morgan fingerprint density at radius 2 is 2.04 bits per heavy atom. The summed E-state index contributed by atoms with van der Waals surface area (Å²) in [5.74, 6) is 1.60. The lowest BCUT2D eigenvalue weighted by atomic mass is 10.1. The van der Waals surface area contributed by atoms with Gasteiger partial charge in [-0.2, -0.15) is 24.9 Å². The lowest BCUT2D eigenvalue weighted by Crippen LogP contribution is -2.38. The first-order chi connectivity index (χ1) is 11.3. The molecule has 0 saturated carbocycles. The molecule has 1 saturated heterocycles. The van der Waals surface area contributed by atoms with E-state index in [0.29, 0.717) is 6.07 Å². The zero-order valence-electron chi connectivity index (χ0n) is 12.5. The average Bonchev–Trinajstić information content (AvgIpc) is 2.52. The van der Waals surface area contributed by atoms with Crippen molar-refractivity contribution >= 4 is 35.1 Å². The van der Waals surface area contributed by atoms with E-state index in [1.807, 2.05) is 11.8 Å². The molecular formula is C14H15F3N2O3S2. The summed E-state index contributed by atoms with van der Waals surface area (Å²) in [6.45, 7) is 0. The second-order valence-corrected chi connectivity index (χ2v) is 7.42. The van der Waals surface area contributed by atoms with Crippen LogP contribution in [0.2, 0.25) is 0 Å². The number of halogens is 3. The molecule has 132 valence electrons. The SMILES string of the molecule is O=C(CSc1ccc(C(F)(F)F)cc1[N+](=O)[O-])NC1CCSCC1. The summed E-state index contributed by atoms with van der Waals surface area (Å²) in [6, 6.07) is 2.42. The number of benzene rings is 1. The lowest BCUT2D eigenvalue weighted by molar-refractivity contribution is -0.388. The van der Waals surface area contributed by atoms with Gasteiger partial charge >= 0.3 is 6.18 Å². The number of amides is 1. The topological polar surface area (TPSA) is 72.2 Å². The first kappa shape index (κ1) is 18.9. The first-order valence-electron chi connectivity index (χ1n) is 7.13. The Morgan fingerprint density at radius 3 is 2.62 bits per heavy atom. The Bertz CT molecular complexity index is 620. The normalized spacial score (nSPS) is 16.0. The number of hydrogen-bond donors (Lipinski definition) is 1. The van der Waals surface area contributed by atoms with Gasteiger partial charge in [-0.25, -0.2) is 0 Å². The molecule has 1 aromatic rings. The molecule has 1 fully saturated rings. The van der Waals surface area contributed by atoms with Crippen LogP contribution in [0.25, 0.3) is 0 Å². The highest BCUT2D eigenvalue weighted by Gasteiger charge is 2.33. The fourth-order valence-electron chi connectivity index (χ4n) is 2.21. The van der Waals surface area contributed by atoms with Crippen molar-refractivity contribution in [1.82, 2.24) is 5.32 Å². The van der Waals surface area contributed by atoms with Crippen LogP contribution >= 0.6 is 23.5 Å². The Kier molecular flexibility index (Phi) is 6.39. The number of rotatable bonds is 5. The fourth-order valence-corrected chi connectivity index (χ4v) is 4.14. The van der Waals surface area contributed by atoms with Crippen molar-refractivity contribution in [3.63, 3.8) is 0 Å². The van der Waals surface area contributed by atoms with Gasteiger partial charge in [-0.3, -0.25) is 14.9 Å². The third kappa shape index (κ3) is 5.30. The highest BCUT2D eigenvalue weighted by Crippen LogP contribution is 2.36. The maximum atomic E-state index is 12.6. The summed E-state index contributed by atoms with van der Waals surface area (Å²) in [4.78, 5) is 22.1. The van der Waals surface area contributed by atoms with E-state index in [0.717, 1.165) is 48.2 Å². The number of hydrogen-bond acceptors (Lipinski definition) is 5. The number of thioether (sulfide) groups is 2. The molecule has 2 rings (SSSR count). The Hall–Kier alpha value is -1.42. The van der Waals surface area contributed by atoms with Gasteiger partial charge in [0.2, 0.25) is 5.91 Å². The summed E-state index contributed by atoms with van der Waals surface area (Å²) in [5, 5.41) is 13.8. The van der Waals surface area contributed by atoms with Gasteiger partial charge in [-0.05, 0) is 36.5 Å². The molecular weight excluding hydrogens is 365 g/mol. The van der Waals surface area contributed by atoms with Gasteiger partial charge in [0.1, 0.15) is 0 Å². The Labute approximate surface area is 144 Å². The minimum absolute atomic E-state index is 0.0438. The van der Waals surface area contributed by atoms with E-state index in [4.69, 9.17) is 0 Å². The molecule has 5 nitrogen and oxygen atoms in total. The van der Waals surface area contributed by atoms with Crippen molar-refractivity contribution in [2.45, 2.75) is 30.0 Å². The molecule has 0 spiro atoms. The zero-order valence-corrected chi connectivity index (χ0v) is 14.1. The number of nitrogens with zero attached hydrogens (tertiary/aromatic N) is 1. The molecule has 1 N–H and O–H groups in total. The summed E-state index contributed by atoms with van der Waals surface area (Å²) in [5.41, 5.74) is -1.72. The maximum absolute atomic E-state index is 12.6. The van der Waals surface area contributed by atoms with Crippen LogP contribution in [0.1, 0.15) is 18.4 Å². The van der Waals surface area contributed by atoms with Gasteiger partial charge in [0, 0.05) is 12.1 Å². The largest absolute Gasteiger partial charge is 0.416 e. The molecule has 0 radical (unpaired) electrons. The molecule has 0 bridgehead atoms. The van der Waals surface area contributed by atoms with Crippen molar-refractivity contribution in [1.29, 1.82) is 0 Å². The van der Waals surface area contributed by atoms with Crippen LogP contribution in [0, 0.1) is 10.1 Å². The highest BCUT2D eigenvalue weighted by atomic mass is 32.2. The van der Waals surface area contributed by atoms with Crippen molar-refractivity contribution in [2.24, 2.45) is 0 Å². The van der Waals surface area contributed by atoms with Gasteiger partial charge in [-0.1, -0.05) is 0 Å². The van der Waals surface area contributed by atoms with Crippen molar-refractivity contribution < 1.29 is 22.9 Å². The zero-order chi connectivity index (χ0) is 17.7. The summed E-state index contributed by atoms with van der Waals surface area (Å²) in [7, 11) is 0. The standard InChI is InChI=1S/C14H15F3N2O3S2/c15-14(16,17)9-1-2-12(11(7-9)19(21)22)24-8-13(20)18-10-3-5-23-6-4-10/h1-2,7,10H,3-6,8H2,(H,18,20). The van der Waals surface area contributed by atoms with E-state index in [1.54, 1.807) is 0 Å². The molecule has 1 aromatic carbocycles. The summed E-state index contributed by atoms with van der Waals surface area (Å²) >= 11 is 2.69. The van der Waals surface area contributed by atoms with E-state index < -0.39 is 22.4 Å². The lowest BCUT2D eigenvalue weighted by Gasteiger charge is -2.22. The van der Waals surface area contributed by atoms with Gasteiger partial charge in [0.15, 0.2) is 0 Å². The quantitative estimate of drug-likeness (QED) is 0.479. The van der Waals surface area contributed by atoms with Crippen LogP contribution in [0.15, 0.2) is 23.1 Å². The minimum Gasteiger partial charge on any atom is -0.353 e. The van der Waals surface area contributed by atoms with Crippen LogP contribution < -0.4 is 5.32 Å². The Balaban J connectivity index is 2.00. The minimum atomic E-state index is -4.65. The van der Waals surface area contributed by atoms with Crippen molar-refractivity contribution in [2.75, 3.05) is 17.3 Å². The fraction of sp³-hybridized carbons (Fsp3) is 0.500. The number of nitrogens with one attached hydrogen (secondary N) is 1. The number of carbonyl (C=O) groups excluding carboxylic acids is 1. The molecule has 1 aliphatic heterocycles. The van der Waals surface area contributed by atoms with Gasteiger partial charge in [0.05, 0.1) is 21.1 Å². The molecule has 10 heteroatoms. The van der Waals surface area contributed by atoms with Crippen LogP contribution in [-0.4, -0.2) is 34.1 Å². The third-order valence-electron chi connectivity index (χ3n) is 3.43. The molecule has 1 amide bonds. The molecule has 0 atom stereocenters. The van der Waals surface area contributed by atoms with Gasteiger partial charge in [-0.15, -0.1) is 11.8 Å². The summed E-state index contributed by atoms with van der Waals surface area (Å²) < 4.78 is 37.9. The van der Waals surface area contributed by atoms with Crippen molar-refractivity contribution in [3.05, 3.63) is 33.9 Å². The second-order valence-electron chi connectivity index (χ2n) is 5.18. The van der Waals surface area contributed by atoms with Crippen molar-refractivity contribution in [3.8, 4) is 0 Å². The number of nitro benzene ring substituents is 1. The second kappa shape index (κ2) is 8.11. The predicted octanol–water partition coefficient (Wildman–Crippen LogP) is 3.72. The van der Waals surface area contributed by atoms with Crippen LogP contribution in [0.5, 0.6) is 0 Å². The van der Waals surface area contributed by atoms with E-state index in [-0.39, 0.29) is 22.6 Å². The molecule has 0 aromatic heterocycles. The molecule has 1 heterocycles. The molecule has 0 unspecified atom stereocenters. The number of carbonyl (C=O) groups is 1. The number of nitro groups is 1.